The quantitative estimate of drug-likeness (QED) is 0.222. The van der Waals surface area contributed by atoms with Crippen LogP contribution in [-0.2, 0) is 14.9 Å². The van der Waals surface area contributed by atoms with Crippen molar-refractivity contribution in [2.75, 3.05) is 12.4 Å². The van der Waals surface area contributed by atoms with Gasteiger partial charge < -0.3 is 11.3 Å². The van der Waals surface area contributed by atoms with Gasteiger partial charge in [0.25, 0.3) is 10.1 Å². The molecule has 0 bridgehead atoms. The summed E-state index contributed by atoms with van der Waals surface area (Å²) < 4.78 is 33.6. The van der Waals surface area contributed by atoms with Gasteiger partial charge in [0.05, 0.1) is 6.61 Å². The van der Waals surface area contributed by atoms with E-state index in [1.807, 2.05) is 0 Å². The molecular formula is C6H13NaO5S. The number of hydrogen-bond donors (Lipinski definition) is 2. The van der Waals surface area contributed by atoms with Crippen LogP contribution in [0.2, 0.25) is 0 Å². The van der Waals surface area contributed by atoms with E-state index in [9.17, 15) is 13.5 Å². The zero-order chi connectivity index (χ0) is 9.83. The molecule has 1 atom stereocenters. The van der Waals surface area contributed by atoms with Gasteiger partial charge in [-0.3, -0.25) is 4.55 Å². The normalized spacial score (nSPS) is 15.6. The predicted octanol–water partition coefficient (Wildman–Crippen LogP) is -3.10. The van der Waals surface area contributed by atoms with E-state index in [1.165, 1.54) is 6.08 Å². The Labute approximate surface area is 101 Å². The van der Waals surface area contributed by atoms with Crippen molar-refractivity contribution in [3.63, 3.8) is 0 Å². The monoisotopic (exact) mass is 220 g/mol. The molecule has 0 rings (SSSR count). The van der Waals surface area contributed by atoms with E-state index < -0.39 is 21.7 Å². The Hall–Kier alpha value is 0.570. The van der Waals surface area contributed by atoms with Gasteiger partial charge in [-0.15, -0.1) is 6.58 Å². The minimum absolute atomic E-state index is 0. The average Bonchev–Trinajstić information content (AvgIpc) is 1.78. The van der Waals surface area contributed by atoms with Crippen molar-refractivity contribution in [1.82, 2.24) is 0 Å². The van der Waals surface area contributed by atoms with Crippen LogP contribution in [0.4, 0.5) is 0 Å². The maximum atomic E-state index is 10.3. The SMILES string of the molecule is C=CCOC(C)(O)CS(=O)(=O)O.[H-].[Na+]. The molecule has 74 valence electrons. The first-order valence-corrected chi connectivity index (χ1v) is 4.80. The third kappa shape index (κ3) is 10.5. The zero-order valence-corrected chi connectivity index (χ0v) is 10.5. The van der Waals surface area contributed by atoms with Gasteiger partial charge >= 0.3 is 29.6 Å². The number of rotatable bonds is 5. The Balaban J connectivity index is -0.000000605. The molecule has 0 aromatic rings. The molecule has 0 radical (unpaired) electrons. The summed E-state index contributed by atoms with van der Waals surface area (Å²) in [6.45, 7) is 4.47. The smallest absolute Gasteiger partial charge is 1.00 e. The summed E-state index contributed by atoms with van der Waals surface area (Å²) in [6.07, 6.45) is 1.36. The summed E-state index contributed by atoms with van der Waals surface area (Å²) in [4.78, 5) is 0. The molecule has 5 nitrogen and oxygen atoms in total. The molecule has 13 heavy (non-hydrogen) atoms. The Morgan fingerprint density at radius 3 is 2.46 bits per heavy atom. The fourth-order valence-corrected chi connectivity index (χ4v) is 1.38. The first kappa shape index (κ1) is 16.0. The van der Waals surface area contributed by atoms with Crippen LogP contribution in [0, 0.1) is 0 Å². The van der Waals surface area contributed by atoms with E-state index in [4.69, 9.17) is 4.55 Å². The maximum Gasteiger partial charge on any atom is 1.00 e. The van der Waals surface area contributed by atoms with E-state index in [-0.39, 0.29) is 37.6 Å². The molecule has 2 N–H and O–H groups in total. The standard InChI is InChI=1S/C6H12O5S.Na.H/c1-3-4-11-6(2,7)5-12(8,9)10;;/h3,7H,1,4-5H2,2H3,(H,8,9,10);;/q;+1;-1. The second-order valence-corrected chi connectivity index (χ2v) is 3.95. The van der Waals surface area contributed by atoms with Crippen LogP contribution >= 0.6 is 0 Å². The van der Waals surface area contributed by atoms with Crippen molar-refractivity contribution in [3.05, 3.63) is 12.7 Å². The van der Waals surface area contributed by atoms with Crippen LogP contribution in [0.25, 0.3) is 0 Å². The van der Waals surface area contributed by atoms with Gasteiger partial charge in [-0.25, -0.2) is 0 Å². The summed E-state index contributed by atoms with van der Waals surface area (Å²) in [7, 11) is -4.22. The Morgan fingerprint density at radius 2 is 2.15 bits per heavy atom. The van der Waals surface area contributed by atoms with Crippen molar-refractivity contribution < 1.29 is 53.8 Å². The molecule has 0 aliphatic carbocycles. The third-order valence-electron chi connectivity index (χ3n) is 0.962. The van der Waals surface area contributed by atoms with Crippen LogP contribution in [0.15, 0.2) is 12.7 Å². The van der Waals surface area contributed by atoms with Crippen molar-refractivity contribution in [2.45, 2.75) is 12.7 Å². The first-order chi connectivity index (χ1) is 5.27. The summed E-state index contributed by atoms with van der Waals surface area (Å²) >= 11 is 0. The second-order valence-electron chi connectivity index (χ2n) is 2.50. The van der Waals surface area contributed by atoms with Gasteiger partial charge in [0, 0.05) is 0 Å². The molecule has 0 aromatic heterocycles. The number of ether oxygens (including phenoxy) is 1. The molecule has 0 saturated carbocycles. The Bertz CT molecular complexity index is 251. The van der Waals surface area contributed by atoms with E-state index >= 15 is 0 Å². The van der Waals surface area contributed by atoms with Gasteiger partial charge in [-0.05, 0) is 6.92 Å². The third-order valence-corrected chi connectivity index (χ3v) is 1.86. The topological polar surface area (TPSA) is 83.8 Å². The predicted molar refractivity (Wildman–Crippen MR) is 44.3 cm³/mol. The molecule has 0 fully saturated rings. The molecule has 0 aliphatic heterocycles. The number of aliphatic hydroxyl groups is 1. The number of hydrogen-bond acceptors (Lipinski definition) is 4. The van der Waals surface area contributed by atoms with Crippen LogP contribution in [0.5, 0.6) is 0 Å². The van der Waals surface area contributed by atoms with E-state index in [1.54, 1.807) is 0 Å². The minimum atomic E-state index is -4.22. The molecule has 0 heterocycles. The summed E-state index contributed by atoms with van der Waals surface area (Å²) in [5.74, 6) is -2.73. The molecule has 0 saturated heterocycles. The summed E-state index contributed by atoms with van der Waals surface area (Å²) in [5, 5.41) is 9.17. The van der Waals surface area contributed by atoms with E-state index in [0.717, 1.165) is 6.92 Å². The summed E-state index contributed by atoms with van der Waals surface area (Å²) in [5.41, 5.74) is 0. The Kier molecular flexibility index (Phi) is 7.55. The largest absolute Gasteiger partial charge is 1.00 e. The fourth-order valence-electron chi connectivity index (χ4n) is 0.619. The van der Waals surface area contributed by atoms with Crippen molar-refractivity contribution >= 4 is 10.1 Å². The van der Waals surface area contributed by atoms with E-state index in [0.29, 0.717) is 0 Å². The van der Waals surface area contributed by atoms with Crippen LogP contribution in [-0.4, -0.2) is 36.2 Å². The zero-order valence-electron chi connectivity index (χ0n) is 8.73. The van der Waals surface area contributed by atoms with Crippen LogP contribution in [0.1, 0.15) is 8.35 Å². The molecule has 1 unspecified atom stereocenters. The first-order valence-electron chi connectivity index (χ1n) is 3.19. The van der Waals surface area contributed by atoms with Crippen molar-refractivity contribution in [1.29, 1.82) is 0 Å². The van der Waals surface area contributed by atoms with Crippen LogP contribution in [0.3, 0.4) is 0 Å². The van der Waals surface area contributed by atoms with Crippen LogP contribution < -0.4 is 29.6 Å². The second kappa shape index (κ2) is 6.13. The van der Waals surface area contributed by atoms with Gasteiger partial charge in [-0.2, -0.15) is 8.42 Å². The van der Waals surface area contributed by atoms with Gasteiger partial charge in [-0.1, -0.05) is 6.08 Å². The van der Waals surface area contributed by atoms with Crippen molar-refractivity contribution in [3.8, 4) is 0 Å². The molecular weight excluding hydrogens is 207 g/mol. The van der Waals surface area contributed by atoms with Crippen molar-refractivity contribution in [2.24, 2.45) is 0 Å². The molecule has 0 aromatic carbocycles. The average molecular weight is 220 g/mol. The minimum Gasteiger partial charge on any atom is -1.00 e. The van der Waals surface area contributed by atoms with Gasteiger partial charge in [0.2, 0.25) is 0 Å². The summed E-state index contributed by atoms with van der Waals surface area (Å²) in [6, 6.07) is 0. The van der Waals surface area contributed by atoms with Gasteiger partial charge in [0.15, 0.2) is 5.79 Å². The fraction of sp³-hybridized carbons (Fsp3) is 0.667. The molecule has 0 amide bonds. The molecule has 7 heteroatoms. The molecule has 0 aliphatic rings. The Morgan fingerprint density at radius 1 is 1.69 bits per heavy atom. The van der Waals surface area contributed by atoms with E-state index in [2.05, 4.69) is 11.3 Å². The maximum absolute atomic E-state index is 10.3. The molecule has 0 spiro atoms. The van der Waals surface area contributed by atoms with Gasteiger partial charge in [0.1, 0.15) is 5.75 Å².